The van der Waals surface area contributed by atoms with Crippen LogP contribution in [0.1, 0.15) is 33.7 Å². The van der Waals surface area contributed by atoms with E-state index in [4.69, 9.17) is 20.4 Å². The van der Waals surface area contributed by atoms with Crippen molar-refractivity contribution in [2.45, 2.75) is 19.9 Å². The third-order valence-corrected chi connectivity index (χ3v) is 4.51. The van der Waals surface area contributed by atoms with Gasteiger partial charge in [0.15, 0.2) is 5.76 Å². The van der Waals surface area contributed by atoms with Crippen molar-refractivity contribution in [1.82, 2.24) is 10.2 Å². The number of amides is 1. The molecular formula is C19H21ClN2O3. The topological polar surface area (TPSA) is 58.6 Å². The van der Waals surface area contributed by atoms with Crippen LogP contribution >= 0.6 is 11.6 Å². The van der Waals surface area contributed by atoms with E-state index in [0.29, 0.717) is 22.9 Å². The lowest BCUT2D eigenvalue weighted by molar-refractivity contribution is 0.0912. The fourth-order valence-corrected chi connectivity index (χ4v) is 3.02. The molecule has 25 heavy (non-hydrogen) atoms. The van der Waals surface area contributed by atoms with Gasteiger partial charge in [0.1, 0.15) is 17.1 Å². The van der Waals surface area contributed by atoms with Gasteiger partial charge in [-0.25, -0.2) is 0 Å². The molecule has 0 radical (unpaired) electrons. The highest BCUT2D eigenvalue weighted by Crippen LogP contribution is 2.28. The maximum atomic E-state index is 12.6. The number of fused-ring (bicyclic) bond motifs is 1. The number of nitrogens with one attached hydrogen (secondary N) is 1. The third kappa shape index (κ3) is 3.57. The molecule has 1 aromatic carbocycles. The molecule has 2 aromatic heterocycles. The van der Waals surface area contributed by atoms with E-state index < -0.39 is 0 Å². The fraction of sp³-hybridized carbons (Fsp3) is 0.316. The first-order valence-electron chi connectivity index (χ1n) is 8.06. The number of likely N-dealkylation sites (N-methyl/N-ethyl adjacent to an activating group) is 1. The highest BCUT2D eigenvalue weighted by atomic mass is 35.5. The lowest BCUT2D eigenvalue weighted by atomic mass is 10.1. The minimum atomic E-state index is -0.250. The summed E-state index contributed by atoms with van der Waals surface area (Å²) in [6, 6.07) is 9.12. The van der Waals surface area contributed by atoms with Gasteiger partial charge in [0.2, 0.25) is 0 Å². The molecule has 2 heterocycles. The van der Waals surface area contributed by atoms with E-state index in [2.05, 4.69) is 5.32 Å². The Morgan fingerprint density at radius 2 is 1.96 bits per heavy atom. The van der Waals surface area contributed by atoms with Gasteiger partial charge in [-0.2, -0.15) is 0 Å². The van der Waals surface area contributed by atoms with Gasteiger partial charge in [-0.15, -0.1) is 0 Å². The SMILES string of the molecule is Cc1ccc([C@H](CNC(=O)c2oc3ccc(Cl)cc3c2C)N(C)C)o1. The quantitative estimate of drug-likeness (QED) is 0.735. The zero-order chi connectivity index (χ0) is 18.1. The first kappa shape index (κ1) is 17.6. The minimum absolute atomic E-state index is 0.0585. The zero-order valence-corrected chi connectivity index (χ0v) is 15.5. The van der Waals surface area contributed by atoms with Crippen LogP contribution < -0.4 is 5.32 Å². The maximum Gasteiger partial charge on any atom is 0.287 e. The number of hydrogen-bond acceptors (Lipinski definition) is 4. The van der Waals surface area contributed by atoms with Crippen molar-refractivity contribution in [2.24, 2.45) is 0 Å². The Hall–Kier alpha value is -2.24. The number of halogens is 1. The maximum absolute atomic E-state index is 12.6. The molecule has 1 atom stereocenters. The van der Waals surface area contributed by atoms with Crippen LogP contribution in [0.25, 0.3) is 11.0 Å². The fourth-order valence-electron chi connectivity index (χ4n) is 2.85. The smallest absolute Gasteiger partial charge is 0.287 e. The highest BCUT2D eigenvalue weighted by molar-refractivity contribution is 6.31. The van der Waals surface area contributed by atoms with Crippen LogP contribution in [0.15, 0.2) is 39.2 Å². The Bertz CT molecular complexity index is 911. The van der Waals surface area contributed by atoms with Crippen LogP contribution in [0.4, 0.5) is 0 Å². The molecule has 0 aliphatic heterocycles. The number of carbonyl (C=O) groups is 1. The summed E-state index contributed by atoms with van der Waals surface area (Å²) >= 11 is 6.03. The van der Waals surface area contributed by atoms with Crippen LogP contribution in [-0.2, 0) is 0 Å². The summed E-state index contributed by atoms with van der Waals surface area (Å²) in [5.74, 6) is 1.72. The van der Waals surface area contributed by atoms with Crippen LogP contribution in [-0.4, -0.2) is 31.4 Å². The van der Waals surface area contributed by atoms with Crippen LogP contribution in [0, 0.1) is 13.8 Å². The van der Waals surface area contributed by atoms with Crippen LogP contribution in [0.2, 0.25) is 5.02 Å². The molecule has 1 amide bonds. The number of hydrogen-bond donors (Lipinski definition) is 1. The molecule has 0 saturated heterocycles. The van der Waals surface area contributed by atoms with Crippen molar-refractivity contribution in [1.29, 1.82) is 0 Å². The van der Waals surface area contributed by atoms with Gasteiger partial charge in [-0.3, -0.25) is 9.69 Å². The number of benzene rings is 1. The summed E-state index contributed by atoms with van der Waals surface area (Å²) in [5.41, 5.74) is 1.43. The van der Waals surface area contributed by atoms with Crippen molar-refractivity contribution in [3.63, 3.8) is 0 Å². The second-order valence-electron chi connectivity index (χ2n) is 6.33. The van der Waals surface area contributed by atoms with Crippen molar-refractivity contribution < 1.29 is 13.6 Å². The molecule has 3 aromatic rings. The number of furan rings is 2. The molecule has 6 heteroatoms. The number of aryl methyl sites for hydroxylation is 2. The predicted molar refractivity (Wildman–Crippen MR) is 98.2 cm³/mol. The average molecular weight is 361 g/mol. The van der Waals surface area contributed by atoms with E-state index in [9.17, 15) is 4.79 Å². The van der Waals surface area contributed by atoms with Gasteiger partial charge in [0, 0.05) is 22.5 Å². The number of nitrogens with zero attached hydrogens (tertiary/aromatic N) is 1. The van der Waals surface area contributed by atoms with Crippen molar-refractivity contribution >= 4 is 28.5 Å². The standard InChI is InChI=1S/C19H21ClN2O3/c1-11-5-7-17(24-11)15(22(3)4)10-21-19(23)18-12(2)14-9-13(20)6-8-16(14)25-18/h5-9,15H,10H2,1-4H3,(H,21,23)/t15-/m0/s1. The lowest BCUT2D eigenvalue weighted by Gasteiger charge is -2.22. The predicted octanol–water partition coefficient (Wildman–Crippen LogP) is 4.33. The first-order valence-corrected chi connectivity index (χ1v) is 8.44. The van der Waals surface area contributed by atoms with Gasteiger partial charge >= 0.3 is 0 Å². The summed E-state index contributed by atoms with van der Waals surface area (Å²) in [7, 11) is 3.90. The molecule has 0 saturated carbocycles. The normalized spacial score (nSPS) is 12.7. The highest BCUT2D eigenvalue weighted by Gasteiger charge is 2.22. The molecule has 0 aliphatic rings. The molecule has 0 unspecified atom stereocenters. The molecule has 0 fully saturated rings. The zero-order valence-electron chi connectivity index (χ0n) is 14.7. The molecule has 5 nitrogen and oxygen atoms in total. The van der Waals surface area contributed by atoms with E-state index >= 15 is 0 Å². The molecule has 0 spiro atoms. The van der Waals surface area contributed by atoms with Gasteiger partial charge in [-0.05, 0) is 58.3 Å². The van der Waals surface area contributed by atoms with Gasteiger partial charge in [0.05, 0.1) is 6.04 Å². The molecule has 0 bridgehead atoms. The molecule has 132 valence electrons. The van der Waals surface area contributed by atoms with E-state index in [1.165, 1.54) is 0 Å². The third-order valence-electron chi connectivity index (χ3n) is 4.27. The Morgan fingerprint density at radius 1 is 1.20 bits per heavy atom. The Morgan fingerprint density at radius 3 is 2.60 bits per heavy atom. The molecular weight excluding hydrogens is 340 g/mol. The molecule has 1 N–H and O–H groups in total. The van der Waals surface area contributed by atoms with Crippen molar-refractivity contribution in [3.8, 4) is 0 Å². The van der Waals surface area contributed by atoms with Crippen molar-refractivity contribution in [3.05, 3.63) is 58.2 Å². The minimum Gasteiger partial charge on any atom is -0.465 e. The second-order valence-corrected chi connectivity index (χ2v) is 6.77. The summed E-state index contributed by atoms with van der Waals surface area (Å²) in [5, 5.41) is 4.40. The van der Waals surface area contributed by atoms with Gasteiger partial charge in [0.25, 0.3) is 5.91 Å². The average Bonchev–Trinajstić information content (AvgIpc) is 3.11. The molecule has 3 rings (SSSR count). The lowest BCUT2D eigenvalue weighted by Crippen LogP contribution is -2.34. The first-order chi connectivity index (χ1) is 11.9. The summed E-state index contributed by atoms with van der Waals surface area (Å²) in [6.07, 6.45) is 0. The van der Waals surface area contributed by atoms with Crippen LogP contribution in [0.3, 0.4) is 0 Å². The Kier molecular flexibility index (Phi) is 4.88. The summed E-state index contributed by atoms with van der Waals surface area (Å²) in [4.78, 5) is 14.6. The van der Waals surface area contributed by atoms with E-state index in [1.807, 2.05) is 45.0 Å². The second kappa shape index (κ2) is 6.94. The largest absolute Gasteiger partial charge is 0.465 e. The monoisotopic (exact) mass is 360 g/mol. The van der Waals surface area contributed by atoms with E-state index in [1.54, 1.807) is 18.2 Å². The van der Waals surface area contributed by atoms with Gasteiger partial charge in [-0.1, -0.05) is 11.6 Å². The number of rotatable bonds is 5. The number of carbonyl (C=O) groups excluding carboxylic acids is 1. The van der Waals surface area contributed by atoms with Gasteiger partial charge < -0.3 is 14.2 Å². The van der Waals surface area contributed by atoms with E-state index in [-0.39, 0.29) is 11.9 Å². The van der Waals surface area contributed by atoms with Crippen molar-refractivity contribution in [2.75, 3.05) is 20.6 Å². The molecule has 0 aliphatic carbocycles. The summed E-state index contributed by atoms with van der Waals surface area (Å²) in [6.45, 7) is 4.17. The Labute approximate surface area is 151 Å². The summed E-state index contributed by atoms with van der Waals surface area (Å²) < 4.78 is 11.4. The van der Waals surface area contributed by atoms with Crippen LogP contribution in [0.5, 0.6) is 0 Å². The van der Waals surface area contributed by atoms with E-state index in [0.717, 1.165) is 22.5 Å². The Balaban J connectivity index is 1.78.